The maximum atomic E-state index is 4.73. The lowest BCUT2D eigenvalue weighted by molar-refractivity contribution is 0.446. The Hall–Kier alpha value is -2.10. The molecule has 4 heteroatoms. The zero-order valence-electron chi connectivity index (χ0n) is 15.1. The molecule has 1 aliphatic heterocycles. The fourth-order valence-corrected chi connectivity index (χ4v) is 3.54. The molecule has 0 bridgehead atoms. The van der Waals surface area contributed by atoms with E-state index in [9.17, 15) is 0 Å². The quantitative estimate of drug-likeness (QED) is 0.825. The van der Waals surface area contributed by atoms with Crippen LogP contribution in [0, 0.1) is 6.92 Å². The second kappa shape index (κ2) is 7.65. The van der Waals surface area contributed by atoms with Crippen molar-refractivity contribution in [2.24, 2.45) is 0 Å². The molecule has 1 aromatic carbocycles. The first kappa shape index (κ1) is 16.7. The second-order valence-electron chi connectivity index (χ2n) is 6.72. The second-order valence-corrected chi connectivity index (χ2v) is 6.72. The van der Waals surface area contributed by atoms with Gasteiger partial charge in [0.1, 0.15) is 17.5 Å². The fourth-order valence-electron chi connectivity index (χ4n) is 3.54. The average molecular weight is 324 g/mol. The van der Waals surface area contributed by atoms with Gasteiger partial charge in [0.05, 0.1) is 0 Å². The summed E-state index contributed by atoms with van der Waals surface area (Å²) in [7, 11) is 2.10. The lowest BCUT2D eigenvalue weighted by atomic mass is 10.00. The molecule has 24 heavy (non-hydrogen) atoms. The SMILES string of the molecule is CCC1CCCCN1c1cc(N(C)Cc2ccccc2)nc(C)n1. The Bertz CT molecular complexity index is 656. The number of anilines is 2. The van der Waals surface area contributed by atoms with Gasteiger partial charge in [-0.3, -0.25) is 0 Å². The Morgan fingerprint density at radius 2 is 1.96 bits per heavy atom. The molecule has 0 aliphatic carbocycles. The third-order valence-corrected chi connectivity index (χ3v) is 4.86. The highest BCUT2D eigenvalue weighted by atomic mass is 15.2. The Labute approximate surface area is 145 Å². The van der Waals surface area contributed by atoms with Gasteiger partial charge in [-0.25, -0.2) is 9.97 Å². The molecule has 2 aromatic rings. The number of hydrogen-bond acceptors (Lipinski definition) is 4. The van der Waals surface area contributed by atoms with Gasteiger partial charge in [-0.05, 0) is 38.2 Å². The van der Waals surface area contributed by atoms with Gasteiger partial charge >= 0.3 is 0 Å². The number of piperidine rings is 1. The minimum absolute atomic E-state index is 0.611. The van der Waals surface area contributed by atoms with Gasteiger partial charge < -0.3 is 9.80 Å². The van der Waals surface area contributed by atoms with Crippen LogP contribution in [-0.2, 0) is 6.54 Å². The van der Waals surface area contributed by atoms with Gasteiger partial charge in [-0.15, -0.1) is 0 Å². The van der Waals surface area contributed by atoms with Gasteiger partial charge in [-0.1, -0.05) is 37.3 Å². The summed E-state index contributed by atoms with van der Waals surface area (Å²) < 4.78 is 0. The number of aryl methyl sites for hydroxylation is 1. The van der Waals surface area contributed by atoms with Crippen molar-refractivity contribution in [2.45, 2.75) is 52.1 Å². The normalized spacial score (nSPS) is 17.8. The van der Waals surface area contributed by atoms with E-state index in [4.69, 9.17) is 4.98 Å². The van der Waals surface area contributed by atoms with Crippen LogP contribution in [-0.4, -0.2) is 29.6 Å². The van der Waals surface area contributed by atoms with Crippen molar-refractivity contribution in [1.29, 1.82) is 0 Å². The molecule has 0 spiro atoms. The van der Waals surface area contributed by atoms with Crippen LogP contribution < -0.4 is 9.80 Å². The van der Waals surface area contributed by atoms with E-state index in [1.807, 2.05) is 6.92 Å². The zero-order valence-corrected chi connectivity index (χ0v) is 15.1. The molecule has 4 nitrogen and oxygen atoms in total. The van der Waals surface area contributed by atoms with Gasteiger partial charge in [-0.2, -0.15) is 0 Å². The van der Waals surface area contributed by atoms with Crippen LogP contribution in [0.15, 0.2) is 36.4 Å². The van der Waals surface area contributed by atoms with E-state index < -0.39 is 0 Å². The number of benzene rings is 1. The topological polar surface area (TPSA) is 32.3 Å². The summed E-state index contributed by atoms with van der Waals surface area (Å²) in [5.41, 5.74) is 1.29. The highest BCUT2D eigenvalue weighted by Crippen LogP contribution is 2.27. The first-order valence-corrected chi connectivity index (χ1v) is 9.04. The van der Waals surface area contributed by atoms with Crippen molar-refractivity contribution in [1.82, 2.24) is 9.97 Å². The highest BCUT2D eigenvalue weighted by Gasteiger charge is 2.23. The Morgan fingerprint density at radius 1 is 1.17 bits per heavy atom. The van der Waals surface area contributed by atoms with Crippen LogP contribution in [0.4, 0.5) is 11.6 Å². The number of hydrogen-bond donors (Lipinski definition) is 0. The maximum absolute atomic E-state index is 4.73. The summed E-state index contributed by atoms with van der Waals surface area (Å²) in [6, 6.07) is 13.3. The molecule has 1 fully saturated rings. The van der Waals surface area contributed by atoms with Crippen molar-refractivity contribution >= 4 is 11.6 Å². The van der Waals surface area contributed by atoms with E-state index in [1.165, 1.54) is 31.2 Å². The molecule has 1 saturated heterocycles. The molecular formula is C20H28N4. The first-order valence-electron chi connectivity index (χ1n) is 9.04. The Kier molecular flexibility index (Phi) is 5.34. The molecule has 2 heterocycles. The molecule has 3 rings (SSSR count). The lowest BCUT2D eigenvalue weighted by Crippen LogP contribution is -2.40. The smallest absolute Gasteiger partial charge is 0.134 e. The van der Waals surface area contributed by atoms with E-state index in [0.29, 0.717) is 6.04 Å². The highest BCUT2D eigenvalue weighted by molar-refractivity contribution is 5.51. The monoisotopic (exact) mass is 324 g/mol. The predicted molar refractivity (Wildman–Crippen MR) is 101 cm³/mol. The molecule has 0 radical (unpaired) electrons. The third-order valence-electron chi connectivity index (χ3n) is 4.86. The average Bonchev–Trinajstić information content (AvgIpc) is 2.62. The van der Waals surface area contributed by atoms with Crippen LogP contribution >= 0.6 is 0 Å². The first-order chi connectivity index (χ1) is 11.7. The molecule has 1 aliphatic rings. The van der Waals surface area contributed by atoms with Gasteiger partial charge in [0, 0.05) is 32.2 Å². The third kappa shape index (κ3) is 3.86. The summed E-state index contributed by atoms with van der Waals surface area (Å²) in [5.74, 6) is 2.94. The summed E-state index contributed by atoms with van der Waals surface area (Å²) in [6.45, 7) is 6.23. The molecular weight excluding hydrogens is 296 g/mol. The summed E-state index contributed by atoms with van der Waals surface area (Å²) in [4.78, 5) is 14.1. The molecule has 0 saturated carbocycles. The fraction of sp³-hybridized carbons (Fsp3) is 0.500. The zero-order chi connectivity index (χ0) is 16.9. The van der Waals surface area contributed by atoms with E-state index in [2.05, 4.69) is 65.2 Å². The van der Waals surface area contributed by atoms with E-state index in [1.54, 1.807) is 0 Å². The van der Waals surface area contributed by atoms with Crippen LogP contribution in [0.5, 0.6) is 0 Å². The van der Waals surface area contributed by atoms with Crippen molar-refractivity contribution in [3.63, 3.8) is 0 Å². The van der Waals surface area contributed by atoms with Gasteiger partial charge in [0.25, 0.3) is 0 Å². The van der Waals surface area contributed by atoms with Gasteiger partial charge in [0.15, 0.2) is 0 Å². The van der Waals surface area contributed by atoms with Crippen LogP contribution in [0.25, 0.3) is 0 Å². The Balaban J connectivity index is 1.83. The van der Waals surface area contributed by atoms with E-state index >= 15 is 0 Å². The largest absolute Gasteiger partial charge is 0.355 e. The minimum atomic E-state index is 0.611. The molecule has 1 unspecified atom stereocenters. The van der Waals surface area contributed by atoms with Gasteiger partial charge in [0.2, 0.25) is 0 Å². The van der Waals surface area contributed by atoms with Crippen molar-refractivity contribution in [3.05, 3.63) is 47.8 Å². The maximum Gasteiger partial charge on any atom is 0.134 e. The predicted octanol–water partition coefficient (Wildman–Crippen LogP) is 4.19. The summed E-state index contributed by atoms with van der Waals surface area (Å²) in [5, 5.41) is 0. The molecule has 128 valence electrons. The standard InChI is InChI=1S/C20H28N4/c1-4-18-12-8-9-13-24(18)20-14-19(21-16(2)22-20)23(3)15-17-10-6-5-7-11-17/h5-7,10-11,14,18H,4,8-9,12-13,15H2,1-3H3. The van der Waals surface area contributed by atoms with Crippen LogP contribution in [0.1, 0.15) is 44.0 Å². The Morgan fingerprint density at radius 3 is 2.71 bits per heavy atom. The summed E-state index contributed by atoms with van der Waals surface area (Å²) >= 11 is 0. The number of rotatable bonds is 5. The van der Waals surface area contributed by atoms with Crippen molar-refractivity contribution in [3.8, 4) is 0 Å². The minimum Gasteiger partial charge on any atom is -0.355 e. The molecule has 0 amide bonds. The number of nitrogens with zero attached hydrogens (tertiary/aromatic N) is 4. The number of aromatic nitrogens is 2. The molecule has 1 aromatic heterocycles. The molecule has 0 N–H and O–H groups in total. The van der Waals surface area contributed by atoms with Crippen LogP contribution in [0.3, 0.4) is 0 Å². The van der Waals surface area contributed by atoms with E-state index in [-0.39, 0.29) is 0 Å². The molecule has 1 atom stereocenters. The van der Waals surface area contributed by atoms with Crippen LogP contribution in [0.2, 0.25) is 0 Å². The lowest BCUT2D eigenvalue weighted by Gasteiger charge is -2.36. The summed E-state index contributed by atoms with van der Waals surface area (Å²) in [6.07, 6.45) is 5.04. The van der Waals surface area contributed by atoms with Crippen molar-refractivity contribution < 1.29 is 0 Å². The van der Waals surface area contributed by atoms with Crippen molar-refractivity contribution in [2.75, 3.05) is 23.4 Å². The van der Waals surface area contributed by atoms with E-state index in [0.717, 1.165) is 30.5 Å².